The Morgan fingerprint density at radius 3 is 2.67 bits per heavy atom. The molecule has 0 amide bonds. The van der Waals surface area contributed by atoms with Gasteiger partial charge in [0.05, 0.1) is 16.0 Å². The second-order valence-corrected chi connectivity index (χ2v) is 5.52. The van der Waals surface area contributed by atoms with E-state index in [1.165, 1.54) is 37.3 Å². The van der Waals surface area contributed by atoms with Crippen molar-refractivity contribution in [1.29, 1.82) is 0 Å². The number of benzene rings is 2. The highest BCUT2D eigenvalue weighted by atomic mass is 35.5. The number of carbonyl (C=O) groups is 1. The van der Waals surface area contributed by atoms with E-state index < -0.39 is 16.8 Å². The molecule has 126 valence electrons. The second-order valence-electron chi connectivity index (χ2n) is 5.12. The summed E-state index contributed by atoms with van der Waals surface area (Å²) in [7, 11) is 0. The molecule has 2 aromatic rings. The monoisotopic (exact) mass is 352 g/mol. The number of ketones is 1. The third-order valence-electron chi connectivity index (χ3n) is 3.42. The van der Waals surface area contributed by atoms with E-state index in [9.17, 15) is 24.4 Å². The van der Waals surface area contributed by atoms with E-state index in [-0.39, 0.29) is 39.9 Å². The van der Waals surface area contributed by atoms with Crippen LogP contribution in [0.15, 0.2) is 36.4 Å². The van der Waals surface area contributed by atoms with Crippen molar-refractivity contribution in [2.75, 3.05) is 11.9 Å². The summed E-state index contributed by atoms with van der Waals surface area (Å²) >= 11 is 5.58. The molecule has 8 heteroatoms. The summed E-state index contributed by atoms with van der Waals surface area (Å²) in [5, 5.41) is 23.9. The van der Waals surface area contributed by atoms with Crippen LogP contribution in [-0.2, 0) is 0 Å². The summed E-state index contributed by atoms with van der Waals surface area (Å²) in [6, 6.07) is 7.89. The molecule has 1 unspecified atom stereocenters. The maximum atomic E-state index is 13.4. The summed E-state index contributed by atoms with van der Waals surface area (Å²) in [4.78, 5) is 21.8. The van der Waals surface area contributed by atoms with Gasteiger partial charge in [-0.15, -0.1) is 0 Å². The maximum absolute atomic E-state index is 13.4. The first kappa shape index (κ1) is 17.8. The highest BCUT2D eigenvalue weighted by molar-refractivity contribution is 6.30. The summed E-state index contributed by atoms with van der Waals surface area (Å²) in [5.41, 5.74) is 0.371. The Hall–Kier alpha value is -2.51. The number of hydrogen-bond acceptors (Lipinski definition) is 5. The minimum Gasteiger partial charge on any atom is -0.387 e. The molecule has 2 rings (SSSR count). The normalized spacial score (nSPS) is 11.8. The van der Waals surface area contributed by atoms with Gasteiger partial charge in [-0.1, -0.05) is 17.7 Å². The standard InChI is InChI=1S/C16H14ClFN2O4/c1-9(21)10-3-5-14(15(7-10)20(23)24)19-8-16(22)11-2-4-12(17)13(18)6-11/h2-7,16,19,22H,8H2,1H3. The Morgan fingerprint density at radius 1 is 1.38 bits per heavy atom. The van der Waals surface area contributed by atoms with Gasteiger partial charge in [0.25, 0.3) is 5.69 Å². The Balaban J connectivity index is 2.17. The lowest BCUT2D eigenvalue weighted by Gasteiger charge is -2.14. The third kappa shape index (κ3) is 4.06. The number of carbonyl (C=O) groups excluding carboxylic acids is 1. The molecule has 0 saturated carbocycles. The van der Waals surface area contributed by atoms with Crippen LogP contribution in [0.1, 0.15) is 28.9 Å². The number of nitro groups is 1. The molecule has 0 radical (unpaired) electrons. The predicted octanol–water partition coefficient (Wildman–Crippen LogP) is 3.74. The lowest BCUT2D eigenvalue weighted by atomic mass is 10.1. The molecule has 0 aromatic heterocycles. The summed E-state index contributed by atoms with van der Waals surface area (Å²) in [5.74, 6) is -0.952. The minimum absolute atomic E-state index is 0.0608. The first-order valence-corrected chi connectivity index (χ1v) is 7.33. The van der Waals surface area contributed by atoms with E-state index in [2.05, 4.69) is 5.32 Å². The number of aliphatic hydroxyl groups is 1. The van der Waals surface area contributed by atoms with Gasteiger partial charge >= 0.3 is 0 Å². The van der Waals surface area contributed by atoms with Gasteiger partial charge in [0.2, 0.25) is 0 Å². The molecular weight excluding hydrogens is 339 g/mol. The van der Waals surface area contributed by atoms with Crippen LogP contribution in [0.4, 0.5) is 15.8 Å². The molecule has 0 bridgehead atoms. The quantitative estimate of drug-likeness (QED) is 0.469. The average Bonchev–Trinajstić information content (AvgIpc) is 2.54. The second kappa shape index (κ2) is 7.37. The number of halogens is 2. The van der Waals surface area contributed by atoms with E-state index in [0.29, 0.717) is 0 Å². The number of nitro benzene ring substituents is 1. The minimum atomic E-state index is -1.09. The van der Waals surface area contributed by atoms with Crippen molar-refractivity contribution in [2.45, 2.75) is 13.0 Å². The molecule has 0 fully saturated rings. The van der Waals surface area contributed by atoms with Crippen LogP contribution in [0.2, 0.25) is 5.02 Å². The third-order valence-corrected chi connectivity index (χ3v) is 3.72. The van der Waals surface area contributed by atoms with Crippen LogP contribution < -0.4 is 5.32 Å². The topological polar surface area (TPSA) is 92.5 Å². The molecule has 0 spiro atoms. The fourth-order valence-electron chi connectivity index (χ4n) is 2.10. The van der Waals surface area contributed by atoms with Crippen LogP contribution >= 0.6 is 11.6 Å². The highest BCUT2D eigenvalue weighted by Crippen LogP contribution is 2.27. The van der Waals surface area contributed by atoms with Gasteiger partial charge in [-0.2, -0.15) is 0 Å². The zero-order valence-electron chi connectivity index (χ0n) is 12.6. The predicted molar refractivity (Wildman–Crippen MR) is 88.0 cm³/mol. The van der Waals surface area contributed by atoms with E-state index in [4.69, 9.17) is 11.6 Å². The molecule has 1 atom stereocenters. The van der Waals surface area contributed by atoms with Crippen molar-refractivity contribution in [3.63, 3.8) is 0 Å². The lowest BCUT2D eigenvalue weighted by Crippen LogP contribution is -2.13. The van der Waals surface area contributed by atoms with Gasteiger partial charge in [-0.05, 0) is 36.8 Å². The molecule has 2 N–H and O–H groups in total. The van der Waals surface area contributed by atoms with E-state index in [1.807, 2.05) is 0 Å². The van der Waals surface area contributed by atoms with Gasteiger partial charge in [-0.3, -0.25) is 14.9 Å². The van der Waals surface area contributed by atoms with Crippen molar-refractivity contribution in [3.8, 4) is 0 Å². The Morgan fingerprint density at radius 2 is 2.08 bits per heavy atom. The Labute approximate surface area is 142 Å². The van der Waals surface area contributed by atoms with Crippen molar-refractivity contribution in [3.05, 3.63) is 68.5 Å². The average molecular weight is 353 g/mol. The molecule has 0 heterocycles. The van der Waals surface area contributed by atoms with Crippen LogP contribution in [-0.4, -0.2) is 22.4 Å². The van der Waals surface area contributed by atoms with E-state index >= 15 is 0 Å². The molecule has 24 heavy (non-hydrogen) atoms. The van der Waals surface area contributed by atoms with Crippen molar-refractivity contribution in [2.24, 2.45) is 0 Å². The Kier molecular flexibility index (Phi) is 5.48. The maximum Gasteiger partial charge on any atom is 0.293 e. The summed E-state index contributed by atoms with van der Waals surface area (Å²) in [6.07, 6.45) is -1.09. The number of hydrogen-bond donors (Lipinski definition) is 2. The molecule has 2 aromatic carbocycles. The van der Waals surface area contributed by atoms with Crippen LogP contribution in [0.3, 0.4) is 0 Å². The molecular formula is C16H14ClFN2O4. The van der Waals surface area contributed by atoms with E-state index in [1.54, 1.807) is 0 Å². The molecule has 0 aliphatic rings. The highest BCUT2D eigenvalue weighted by Gasteiger charge is 2.17. The number of anilines is 1. The van der Waals surface area contributed by atoms with Gasteiger partial charge in [-0.25, -0.2) is 4.39 Å². The zero-order chi connectivity index (χ0) is 17.9. The smallest absolute Gasteiger partial charge is 0.293 e. The lowest BCUT2D eigenvalue weighted by molar-refractivity contribution is -0.384. The fourth-order valence-corrected chi connectivity index (χ4v) is 2.21. The number of Topliss-reactive ketones (excluding diaryl/α,β-unsaturated/α-hetero) is 1. The van der Waals surface area contributed by atoms with Gasteiger partial charge in [0.1, 0.15) is 11.5 Å². The van der Waals surface area contributed by atoms with Gasteiger partial charge in [0.15, 0.2) is 5.78 Å². The van der Waals surface area contributed by atoms with Crippen LogP contribution in [0.5, 0.6) is 0 Å². The number of rotatable bonds is 6. The SMILES string of the molecule is CC(=O)c1ccc(NCC(O)c2ccc(Cl)c(F)c2)c([N+](=O)[O-])c1. The largest absolute Gasteiger partial charge is 0.387 e. The van der Waals surface area contributed by atoms with Gasteiger partial charge < -0.3 is 10.4 Å². The first-order valence-electron chi connectivity index (χ1n) is 6.96. The number of aliphatic hydroxyl groups excluding tert-OH is 1. The number of nitrogens with zero attached hydrogens (tertiary/aromatic N) is 1. The zero-order valence-corrected chi connectivity index (χ0v) is 13.4. The molecule has 0 aliphatic heterocycles. The number of nitrogens with one attached hydrogen (secondary N) is 1. The molecule has 6 nitrogen and oxygen atoms in total. The fraction of sp³-hybridized carbons (Fsp3) is 0.188. The van der Waals surface area contributed by atoms with Crippen molar-refractivity contribution >= 4 is 28.8 Å². The van der Waals surface area contributed by atoms with Gasteiger partial charge in [0, 0.05) is 18.2 Å². The Bertz CT molecular complexity index is 798. The van der Waals surface area contributed by atoms with Crippen molar-refractivity contribution < 1.29 is 19.2 Å². The molecule has 0 aliphatic carbocycles. The molecule has 0 saturated heterocycles. The van der Waals surface area contributed by atoms with E-state index in [0.717, 1.165) is 6.07 Å². The first-order chi connectivity index (χ1) is 11.3. The summed E-state index contributed by atoms with van der Waals surface area (Å²) in [6.45, 7) is 1.23. The van der Waals surface area contributed by atoms with Crippen molar-refractivity contribution in [1.82, 2.24) is 0 Å². The van der Waals surface area contributed by atoms with Crippen LogP contribution in [0.25, 0.3) is 0 Å². The van der Waals surface area contributed by atoms with Crippen LogP contribution in [0, 0.1) is 15.9 Å². The summed E-state index contributed by atoms with van der Waals surface area (Å²) < 4.78 is 13.4.